The highest BCUT2D eigenvalue weighted by Gasteiger charge is 2.47. The van der Waals surface area contributed by atoms with E-state index in [2.05, 4.69) is 10.6 Å². The zero-order chi connectivity index (χ0) is 25.0. The lowest BCUT2D eigenvalue weighted by atomic mass is 9.65. The molecule has 12 heteroatoms. The lowest BCUT2D eigenvalue weighted by Crippen LogP contribution is -2.64. The van der Waals surface area contributed by atoms with Gasteiger partial charge in [-0.25, -0.2) is 0 Å². The molecule has 3 rings (SSSR count). The van der Waals surface area contributed by atoms with Crippen LogP contribution < -0.4 is 10.6 Å². The summed E-state index contributed by atoms with van der Waals surface area (Å²) in [7, 11) is 0.504. The van der Waals surface area contributed by atoms with E-state index >= 15 is 0 Å². The number of nitrogens with zero attached hydrogens (tertiary/aromatic N) is 1. The summed E-state index contributed by atoms with van der Waals surface area (Å²) >= 11 is 12.0. The van der Waals surface area contributed by atoms with Gasteiger partial charge >= 0.3 is 19.1 Å². The van der Waals surface area contributed by atoms with Crippen molar-refractivity contribution < 1.29 is 28.5 Å². The molecule has 1 aromatic rings. The van der Waals surface area contributed by atoms with Crippen LogP contribution in [-0.2, 0) is 23.7 Å². The summed E-state index contributed by atoms with van der Waals surface area (Å²) in [5, 5.41) is 6.15. The molecule has 3 atom stereocenters. The molecule has 2 aliphatic heterocycles. The van der Waals surface area contributed by atoms with Crippen LogP contribution in [0.15, 0.2) is 18.2 Å². The number of carbonyl (C=O) groups is 4. The number of ketones is 1. The summed E-state index contributed by atoms with van der Waals surface area (Å²) < 4.78 is 11.1. The molecule has 0 unspecified atom stereocenters. The number of nitrogens with one attached hydrogen (secondary N) is 2. The van der Waals surface area contributed by atoms with Crippen molar-refractivity contribution in [3.05, 3.63) is 33.8 Å². The molecule has 2 saturated heterocycles. The van der Waals surface area contributed by atoms with Crippen LogP contribution in [0.3, 0.4) is 0 Å². The molecule has 0 radical (unpaired) electrons. The second-order valence-corrected chi connectivity index (χ2v) is 9.88. The second-order valence-electron chi connectivity index (χ2n) is 9.04. The molecule has 0 aliphatic carbocycles. The van der Waals surface area contributed by atoms with Crippen molar-refractivity contribution >= 4 is 53.9 Å². The zero-order valence-electron chi connectivity index (χ0n) is 19.3. The Bertz CT molecular complexity index is 937. The SMILES string of the molecule is CC(C)C[C@H](CC(=O)CNC(=O)c1cc(Cl)ccc1Cl)B1OC(=O)[C@@H]2CNC[C@@H](C(=O)O1)N2C. The van der Waals surface area contributed by atoms with Crippen molar-refractivity contribution in [1.82, 2.24) is 15.5 Å². The Morgan fingerprint density at radius 1 is 1.18 bits per heavy atom. The van der Waals surface area contributed by atoms with Crippen LogP contribution >= 0.6 is 23.2 Å². The first-order valence-electron chi connectivity index (χ1n) is 11.2. The van der Waals surface area contributed by atoms with Crippen LogP contribution in [0.1, 0.15) is 37.0 Å². The number of carbonyl (C=O) groups excluding carboxylic acids is 4. The quantitative estimate of drug-likeness (QED) is 0.509. The molecule has 34 heavy (non-hydrogen) atoms. The number of rotatable bonds is 8. The van der Waals surface area contributed by atoms with Crippen molar-refractivity contribution in [1.29, 1.82) is 0 Å². The fourth-order valence-electron chi connectivity index (χ4n) is 4.17. The van der Waals surface area contributed by atoms with E-state index < -0.39 is 42.9 Å². The predicted octanol–water partition coefficient (Wildman–Crippen LogP) is 1.96. The molecule has 2 bridgehead atoms. The number of likely N-dealkylation sites (N-methyl/N-ethyl adjacent to an activating group) is 1. The molecule has 1 amide bonds. The van der Waals surface area contributed by atoms with Crippen molar-refractivity contribution in [3.8, 4) is 0 Å². The molecular weight excluding hydrogens is 484 g/mol. The Morgan fingerprint density at radius 3 is 2.38 bits per heavy atom. The molecule has 9 nitrogen and oxygen atoms in total. The zero-order valence-corrected chi connectivity index (χ0v) is 20.8. The molecule has 0 aromatic heterocycles. The highest BCUT2D eigenvalue weighted by atomic mass is 35.5. The minimum absolute atomic E-state index is 0.0453. The number of Topliss-reactive ketones (excluding diaryl/α,β-unsaturated/α-hetero) is 1. The van der Waals surface area contributed by atoms with Gasteiger partial charge in [-0.1, -0.05) is 37.0 Å². The minimum atomic E-state index is -1.18. The summed E-state index contributed by atoms with van der Waals surface area (Å²) in [5.74, 6) is -2.27. The highest BCUT2D eigenvalue weighted by Crippen LogP contribution is 2.29. The van der Waals surface area contributed by atoms with Gasteiger partial charge in [0.1, 0.15) is 12.1 Å². The van der Waals surface area contributed by atoms with Gasteiger partial charge in [0.05, 0.1) is 17.1 Å². The number of fused-ring (bicyclic) bond motifs is 2. The number of piperazine rings is 1. The molecular formula is C22H28BCl2N3O6. The molecule has 2 N–H and O–H groups in total. The minimum Gasteiger partial charge on any atom is -0.498 e. The number of halogens is 2. The van der Waals surface area contributed by atoms with Crippen LogP contribution in [0.5, 0.6) is 0 Å². The third kappa shape index (κ3) is 6.50. The fraction of sp³-hybridized carbons (Fsp3) is 0.545. The standard InChI is InChI=1S/C22H28BCl2N3O6/c1-12(2)6-13(7-15(29)9-27-20(30)16-8-14(24)4-5-17(16)25)23-33-21(31)18-10-26-11-19(28(18)3)22(32)34-23/h4-5,8,12-13,18-19,26H,6-7,9-11H2,1-3H3,(H,27,30)/t13-,18+,19+/m1/s1. The third-order valence-electron chi connectivity index (χ3n) is 5.94. The number of hydrogen-bond donors (Lipinski definition) is 2. The van der Waals surface area contributed by atoms with Gasteiger partial charge in [0.2, 0.25) is 0 Å². The first kappa shape index (κ1) is 26.5. The van der Waals surface area contributed by atoms with Gasteiger partial charge < -0.3 is 19.9 Å². The van der Waals surface area contributed by atoms with E-state index in [-0.39, 0.29) is 35.3 Å². The van der Waals surface area contributed by atoms with Crippen molar-refractivity contribution in [3.63, 3.8) is 0 Å². The van der Waals surface area contributed by atoms with Gasteiger partial charge in [0.25, 0.3) is 5.91 Å². The maximum atomic E-state index is 12.8. The number of benzene rings is 1. The van der Waals surface area contributed by atoms with Gasteiger partial charge in [0, 0.05) is 30.4 Å². The predicted molar refractivity (Wildman–Crippen MR) is 128 cm³/mol. The number of hydrogen-bond acceptors (Lipinski definition) is 8. The lowest BCUT2D eigenvalue weighted by Gasteiger charge is -2.40. The van der Waals surface area contributed by atoms with E-state index in [0.717, 1.165) is 0 Å². The largest absolute Gasteiger partial charge is 0.602 e. The molecule has 2 aliphatic rings. The summed E-state index contributed by atoms with van der Waals surface area (Å²) in [6, 6.07) is 3.24. The Kier molecular flexibility index (Phi) is 8.98. The van der Waals surface area contributed by atoms with Gasteiger partial charge in [-0.3, -0.25) is 24.1 Å². The third-order valence-corrected chi connectivity index (χ3v) is 6.50. The first-order chi connectivity index (χ1) is 16.1. The van der Waals surface area contributed by atoms with E-state index in [1.807, 2.05) is 13.8 Å². The summed E-state index contributed by atoms with van der Waals surface area (Å²) in [4.78, 5) is 52.4. The molecule has 2 heterocycles. The summed E-state index contributed by atoms with van der Waals surface area (Å²) in [6.07, 6.45) is 0.435. The Labute approximate surface area is 208 Å². The van der Waals surface area contributed by atoms with Crippen molar-refractivity contribution in [2.24, 2.45) is 5.92 Å². The van der Waals surface area contributed by atoms with Crippen LogP contribution in [0.2, 0.25) is 15.9 Å². The lowest BCUT2D eigenvalue weighted by molar-refractivity contribution is -0.156. The smallest absolute Gasteiger partial charge is 0.498 e. The molecule has 184 valence electrons. The van der Waals surface area contributed by atoms with Crippen LogP contribution in [0.4, 0.5) is 0 Å². The highest BCUT2D eigenvalue weighted by molar-refractivity contribution is 6.51. The second kappa shape index (κ2) is 11.5. The van der Waals surface area contributed by atoms with E-state index in [4.69, 9.17) is 32.5 Å². The Hall–Kier alpha value is -2.14. The van der Waals surface area contributed by atoms with Gasteiger partial charge in [-0.15, -0.1) is 0 Å². The van der Waals surface area contributed by atoms with E-state index in [1.165, 1.54) is 12.1 Å². The van der Waals surface area contributed by atoms with E-state index in [0.29, 0.717) is 24.5 Å². The van der Waals surface area contributed by atoms with Crippen LogP contribution in [-0.4, -0.2) is 74.4 Å². The van der Waals surface area contributed by atoms with E-state index in [9.17, 15) is 19.2 Å². The molecule has 2 fully saturated rings. The van der Waals surface area contributed by atoms with Crippen LogP contribution in [0.25, 0.3) is 0 Å². The molecule has 1 aromatic carbocycles. The maximum absolute atomic E-state index is 12.8. The fourth-order valence-corrected chi connectivity index (χ4v) is 4.55. The Morgan fingerprint density at radius 2 is 1.79 bits per heavy atom. The van der Waals surface area contributed by atoms with Gasteiger partial charge in [-0.05, 0) is 37.6 Å². The average Bonchev–Trinajstić information content (AvgIpc) is 2.77. The summed E-state index contributed by atoms with van der Waals surface area (Å²) in [5.41, 5.74) is 0.160. The van der Waals surface area contributed by atoms with Gasteiger partial charge in [-0.2, -0.15) is 0 Å². The number of amides is 1. The van der Waals surface area contributed by atoms with Crippen molar-refractivity contribution in [2.75, 3.05) is 26.7 Å². The first-order valence-corrected chi connectivity index (χ1v) is 11.9. The van der Waals surface area contributed by atoms with Gasteiger partial charge in [0.15, 0.2) is 5.78 Å². The summed E-state index contributed by atoms with van der Waals surface area (Å²) in [6.45, 7) is 4.37. The van der Waals surface area contributed by atoms with E-state index in [1.54, 1.807) is 18.0 Å². The molecule has 0 saturated carbocycles. The maximum Gasteiger partial charge on any atom is 0.602 e. The molecule has 0 spiro atoms. The Balaban J connectivity index is 1.68. The average molecular weight is 512 g/mol. The van der Waals surface area contributed by atoms with Crippen molar-refractivity contribution in [2.45, 2.75) is 44.6 Å². The monoisotopic (exact) mass is 511 g/mol. The topological polar surface area (TPSA) is 114 Å². The van der Waals surface area contributed by atoms with Crippen LogP contribution in [0, 0.1) is 5.92 Å². The normalized spacial score (nSPS) is 21.9.